The van der Waals surface area contributed by atoms with Crippen molar-refractivity contribution in [2.24, 2.45) is 0 Å². The molecule has 33 heavy (non-hydrogen) atoms. The molecule has 0 N–H and O–H groups in total. The maximum Gasteiger partial charge on any atom is 0.148 e. The molecule has 0 radical (unpaired) electrons. The lowest BCUT2D eigenvalue weighted by Gasteiger charge is -2.36. The van der Waals surface area contributed by atoms with E-state index < -0.39 is 0 Å². The summed E-state index contributed by atoms with van der Waals surface area (Å²) in [6.45, 7) is 8.04. The summed E-state index contributed by atoms with van der Waals surface area (Å²) in [4.78, 5) is 9.40. The van der Waals surface area contributed by atoms with Gasteiger partial charge in [-0.3, -0.25) is 4.90 Å². The standard InChI is InChI=1S/C25H26N6OS/c1-3-21-22(15-26)24(31-12-10-30(11-13-31)17-20-9-14-32-29-20)28-25(23(21)16-27)33-18(2)19-7-5-4-6-8-19/h4-9,14,18H,3,10-13,17H2,1-2H3. The Morgan fingerprint density at radius 2 is 1.79 bits per heavy atom. The third-order valence-corrected chi connectivity index (χ3v) is 7.08. The van der Waals surface area contributed by atoms with E-state index in [-0.39, 0.29) is 5.25 Å². The Hall–Kier alpha value is -3.33. The molecule has 1 fully saturated rings. The number of benzene rings is 1. The minimum atomic E-state index is 0.135. The van der Waals surface area contributed by atoms with Crippen LogP contribution in [0.25, 0.3) is 0 Å². The van der Waals surface area contributed by atoms with Gasteiger partial charge in [0.15, 0.2) is 0 Å². The molecule has 8 heteroatoms. The Balaban J connectivity index is 1.61. The van der Waals surface area contributed by atoms with Crippen molar-refractivity contribution in [1.29, 1.82) is 10.5 Å². The first-order valence-electron chi connectivity index (χ1n) is 11.1. The lowest BCUT2D eigenvalue weighted by molar-refractivity contribution is 0.241. The molecule has 4 rings (SSSR count). The second kappa shape index (κ2) is 10.5. The van der Waals surface area contributed by atoms with Crippen molar-refractivity contribution in [2.75, 3.05) is 31.1 Å². The first-order valence-corrected chi connectivity index (χ1v) is 12.0. The molecule has 0 aliphatic carbocycles. The number of nitrogens with zero attached hydrogens (tertiary/aromatic N) is 6. The fourth-order valence-electron chi connectivity index (χ4n) is 4.12. The van der Waals surface area contributed by atoms with Crippen LogP contribution in [0.2, 0.25) is 0 Å². The monoisotopic (exact) mass is 458 g/mol. The van der Waals surface area contributed by atoms with E-state index >= 15 is 0 Å². The van der Waals surface area contributed by atoms with Crippen molar-refractivity contribution in [3.63, 3.8) is 0 Å². The summed E-state index contributed by atoms with van der Waals surface area (Å²) < 4.78 is 4.94. The Morgan fingerprint density at radius 3 is 2.39 bits per heavy atom. The third-order valence-electron chi connectivity index (χ3n) is 5.93. The number of piperazine rings is 1. The van der Waals surface area contributed by atoms with Crippen molar-refractivity contribution in [1.82, 2.24) is 15.0 Å². The summed E-state index contributed by atoms with van der Waals surface area (Å²) >= 11 is 1.58. The summed E-state index contributed by atoms with van der Waals surface area (Å²) in [6, 6.07) is 16.8. The van der Waals surface area contributed by atoms with Gasteiger partial charge in [-0.2, -0.15) is 10.5 Å². The molecule has 1 aliphatic rings. The van der Waals surface area contributed by atoms with E-state index in [0.717, 1.165) is 44.0 Å². The van der Waals surface area contributed by atoms with Crippen LogP contribution in [-0.2, 0) is 13.0 Å². The SMILES string of the molecule is CCc1c(C#N)c(SC(C)c2ccccc2)nc(N2CCN(Cc3ccon3)CC2)c1C#N. The second-order valence-corrected chi connectivity index (χ2v) is 9.30. The van der Waals surface area contributed by atoms with Gasteiger partial charge >= 0.3 is 0 Å². The molecule has 1 atom stereocenters. The molecule has 1 saturated heterocycles. The number of hydrogen-bond donors (Lipinski definition) is 0. The zero-order valence-corrected chi connectivity index (χ0v) is 19.7. The van der Waals surface area contributed by atoms with Gasteiger partial charge in [0.2, 0.25) is 0 Å². The van der Waals surface area contributed by atoms with Crippen LogP contribution in [0.1, 0.15) is 47.0 Å². The minimum absolute atomic E-state index is 0.135. The van der Waals surface area contributed by atoms with Crippen LogP contribution < -0.4 is 4.90 Å². The molecule has 3 aromatic rings. The third kappa shape index (κ3) is 5.03. The van der Waals surface area contributed by atoms with Gasteiger partial charge in [0, 0.05) is 44.0 Å². The topological polar surface area (TPSA) is 93.0 Å². The highest BCUT2D eigenvalue weighted by atomic mass is 32.2. The van der Waals surface area contributed by atoms with E-state index in [1.807, 2.05) is 31.2 Å². The van der Waals surface area contributed by atoms with Crippen LogP contribution in [0.5, 0.6) is 0 Å². The Morgan fingerprint density at radius 1 is 1.06 bits per heavy atom. The van der Waals surface area contributed by atoms with E-state index in [2.05, 4.69) is 46.2 Å². The van der Waals surface area contributed by atoms with Crippen LogP contribution >= 0.6 is 11.8 Å². The summed E-state index contributed by atoms with van der Waals surface area (Å²) in [5.74, 6) is 0.692. The summed E-state index contributed by atoms with van der Waals surface area (Å²) in [5, 5.41) is 24.8. The average molecular weight is 459 g/mol. The molecule has 7 nitrogen and oxygen atoms in total. The van der Waals surface area contributed by atoms with E-state index in [4.69, 9.17) is 9.51 Å². The first-order chi connectivity index (χ1) is 16.1. The maximum absolute atomic E-state index is 9.99. The number of nitriles is 2. The zero-order valence-electron chi connectivity index (χ0n) is 18.9. The number of pyridine rings is 1. The molecule has 1 aromatic carbocycles. The van der Waals surface area contributed by atoms with Gasteiger partial charge in [0.25, 0.3) is 0 Å². The van der Waals surface area contributed by atoms with Gasteiger partial charge in [0.05, 0.1) is 16.8 Å². The Labute approximate surface area is 198 Å². The molecule has 2 aromatic heterocycles. The first kappa shape index (κ1) is 22.8. The molecule has 0 amide bonds. The van der Waals surface area contributed by atoms with Crippen molar-refractivity contribution in [3.8, 4) is 12.1 Å². The smallest absolute Gasteiger partial charge is 0.148 e. The number of anilines is 1. The average Bonchev–Trinajstić information content (AvgIpc) is 3.37. The molecular formula is C25H26N6OS. The highest BCUT2D eigenvalue weighted by molar-refractivity contribution is 7.99. The fraction of sp³-hybridized carbons (Fsp3) is 0.360. The van der Waals surface area contributed by atoms with E-state index in [9.17, 15) is 10.5 Å². The molecule has 1 unspecified atom stereocenters. The van der Waals surface area contributed by atoms with E-state index in [0.29, 0.717) is 28.4 Å². The maximum atomic E-state index is 9.99. The van der Waals surface area contributed by atoms with Crippen LogP contribution in [0, 0.1) is 22.7 Å². The number of hydrogen-bond acceptors (Lipinski definition) is 8. The highest BCUT2D eigenvalue weighted by Gasteiger charge is 2.26. The minimum Gasteiger partial charge on any atom is -0.364 e. The number of rotatable bonds is 7. The predicted octanol–water partition coefficient (Wildman–Crippen LogP) is 4.55. The Bertz CT molecular complexity index is 1160. The quantitative estimate of drug-likeness (QED) is 0.476. The molecule has 0 bridgehead atoms. The lowest BCUT2D eigenvalue weighted by Crippen LogP contribution is -2.46. The van der Waals surface area contributed by atoms with Gasteiger partial charge in [0.1, 0.15) is 29.2 Å². The van der Waals surface area contributed by atoms with Crippen molar-refractivity contribution < 1.29 is 4.52 Å². The van der Waals surface area contributed by atoms with E-state index in [1.165, 1.54) is 5.56 Å². The summed E-state index contributed by atoms with van der Waals surface area (Å²) in [7, 11) is 0. The van der Waals surface area contributed by atoms with Gasteiger partial charge < -0.3 is 9.42 Å². The normalized spacial score (nSPS) is 15.1. The van der Waals surface area contributed by atoms with Gasteiger partial charge in [-0.25, -0.2) is 4.98 Å². The lowest BCUT2D eigenvalue weighted by atomic mass is 10.0. The molecule has 0 spiro atoms. The van der Waals surface area contributed by atoms with E-state index in [1.54, 1.807) is 18.0 Å². The summed E-state index contributed by atoms with van der Waals surface area (Å²) in [6.07, 6.45) is 2.20. The Kier molecular flexibility index (Phi) is 7.29. The van der Waals surface area contributed by atoms with Gasteiger partial charge in [-0.15, -0.1) is 0 Å². The van der Waals surface area contributed by atoms with Crippen molar-refractivity contribution in [3.05, 3.63) is 70.6 Å². The number of thioether (sulfide) groups is 1. The van der Waals surface area contributed by atoms with Gasteiger partial charge in [-0.05, 0) is 24.5 Å². The summed E-state index contributed by atoms with van der Waals surface area (Å²) in [5.41, 5.74) is 3.93. The molecule has 0 saturated carbocycles. The predicted molar refractivity (Wildman–Crippen MR) is 128 cm³/mol. The van der Waals surface area contributed by atoms with Crippen LogP contribution in [-0.4, -0.2) is 41.2 Å². The largest absolute Gasteiger partial charge is 0.364 e. The van der Waals surface area contributed by atoms with Crippen molar-refractivity contribution in [2.45, 2.75) is 37.1 Å². The fourth-order valence-corrected chi connectivity index (χ4v) is 5.18. The number of aromatic nitrogens is 2. The van der Waals surface area contributed by atoms with Crippen LogP contribution in [0.15, 0.2) is 52.2 Å². The molecule has 3 heterocycles. The second-order valence-electron chi connectivity index (χ2n) is 7.97. The molecular weight excluding hydrogens is 432 g/mol. The van der Waals surface area contributed by atoms with Crippen LogP contribution in [0.3, 0.4) is 0 Å². The van der Waals surface area contributed by atoms with Gasteiger partial charge in [-0.1, -0.05) is 54.2 Å². The highest BCUT2D eigenvalue weighted by Crippen LogP contribution is 2.39. The van der Waals surface area contributed by atoms with Crippen molar-refractivity contribution >= 4 is 17.6 Å². The zero-order chi connectivity index (χ0) is 23.2. The molecule has 1 aliphatic heterocycles. The van der Waals surface area contributed by atoms with Crippen LogP contribution in [0.4, 0.5) is 5.82 Å². The molecule has 168 valence electrons.